The van der Waals surface area contributed by atoms with E-state index in [1.54, 1.807) is 12.0 Å². The summed E-state index contributed by atoms with van der Waals surface area (Å²) in [6.07, 6.45) is 2.50. The Morgan fingerprint density at radius 1 is 1.41 bits per heavy atom. The fourth-order valence-corrected chi connectivity index (χ4v) is 3.10. The quantitative estimate of drug-likeness (QED) is 0.877. The van der Waals surface area contributed by atoms with Crippen molar-refractivity contribution < 1.29 is 19.4 Å². The van der Waals surface area contributed by atoms with Gasteiger partial charge in [-0.3, -0.25) is 9.59 Å². The average molecular weight is 305 g/mol. The van der Waals surface area contributed by atoms with E-state index in [1.165, 1.54) is 0 Å². The number of carboxylic acid groups (broad SMARTS) is 1. The molecular weight excluding hydrogens is 282 g/mol. The average Bonchev–Trinajstić information content (AvgIpc) is 2.53. The van der Waals surface area contributed by atoms with E-state index in [2.05, 4.69) is 6.92 Å². The Hall–Kier alpha value is -2.04. The van der Waals surface area contributed by atoms with Gasteiger partial charge in [-0.05, 0) is 18.9 Å². The fraction of sp³-hybridized carbons (Fsp3) is 0.529. The molecule has 5 nitrogen and oxygen atoms in total. The highest BCUT2D eigenvalue weighted by Gasteiger charge is 2.41. The van der Waals surface area contributed by atoms with Crippen LogP contribution >= 0.6 is 0 Å². The molecule has 0 radical (unpaired) electrons. The molecule has 1 saturated heterocycles. The van der Waals surface area contributed by atoms with Crippen LogP contribution in [0.1, 0.15) is 44.2 Å². The van der Waals surface area contributed by atoms with Crippen molar-refractivity contribution in [1.82, 2.24) is 4.90 Å². The number of amides is 1. The van der Waals surface area contributed by atoms with Crippen molar-refractivity contribution in [2.75, 3.05) is 13.7 Å². The molecule has 22 heavy (non-hydrogen) atoms. The molecule has 120 valence electrons. The van der Waals surface area contributed by atoms with E-state index in [4.69, 9.17) is 4.74 Å². The molecule has 0 spiro atoms. The fourth-order valence-electron chi connectivity index (χ4n) is 3.10. The minimum atomic E-state index is -0.857. The largest absolute Gasteiger partial charge is 0.496 e. The zero-order valence-corrected chi connectivity index (χ0v) is 13.1. The Bertz CT molecular complexity index is 543. The lowest BCUT2D eigenvalue weighted by atomic mass is 9.83. The molecule has 0 aliphatic carbocycles. The molecule has 0 aromatic heterocycles. The van der Waals surface area contributed by atoms with Crippen LogP contribution < -0.4 is 4.74 Å². The molecular formula is C17H23NO4. The molecule has 2 rings (SSSR count). The van der Waals surface area contributed by atoms with E-state index in [-0.39, 0.29) is 5.91 Å². The SMILES string of the molecule is CCCCN1C(=O)CC[C@H](C(=O)O)[C@@H]1c1ccccc1OC. The van der Waals surface area contributed by atoms with Crippen LogP contribution in [0.25, 0.3) is 0 Å². The first-order valence-electron chi connectivity index (χ1n) is 7.75. The highest BCUT2D eigenvalue weighted by Crippen LogP contribution is 2.40. The number of carbonyl (C=O) groups excluding carboxylic acids is 1. The summed E-state index contributed by atoms with van der Waals surface area (Å²) in [5, 5.41) is 9.58. The van der Waals surface area contributed by atoms with Gasteiger partial charge in [0.15, 0.2) is 0 Å². The summed E-state index contributed by atoms with van der Waals surface area (Å²) in [4.78, 5) is 25.8. The normalized spacial score (nSPS) is 21.7. The van der Waals surface area contributed by atoms with Crippen LogP contribution in [-0.4, -0.2) is 35.5 Å². The van der Waals surface area contributed by atoms with Crippen LogP contribution in [0.3, 0.4) is 0 Å². The number of para-hydroxylation sites is 1. The van der Waals surface area contributed by atoms with Crippen molar-refractivity contribution in [1.29, 1.82) is 0 Å². The van der Waals surface area contributed by atoms with Gasteiger partial charge in [0.25, 0.3) is 0 Å². The van der Waals surface area contributed by atoms with Gasteiger partial charge in [-0.1, -0.05) is 31.5 Å². The van der Waals surface area contributed by atoms with Crippen LogP contribution in [0, 0.1) is 5.92 Å². The van der Waals surface area contributed by atoms with Crippen molar-refractivity contribution >= 4 is 11.9 Å². The molecule has 1 amide bonds. The van der Waals surface area contributed by atoms with Gasteiger partial charge in [0.05, 0.1) is 19.1 Å². The molecule has 0 saturated carbocycles. The van der Waals surface area contributed by atoms with Crippen molar-refractivity contribution in [3.05, 3.63) is 29.8 Å². The van der Waals surface area contributed by atoms with E-state index in [0.29, 0.717) is 25.1 Å². The maximum absolute atomic E-state index is 12.3. The zero-order chi connectivity index (χ0) is 16.1. The molecule has 1 aliphatic heterocycles. The number of nitrogens with zero attached hydrogens (tertiary/aromatic N) is 1. The smallest absolute Gasteiger partial charge is 0.308 e. The highest BCUT2D eigenvalue weighted by molar-refractivity contribution is 5.82. The summed E-state index contributed by atoms with van der Waals surface area (Å²) in [7, 11) is 1.57. The van der Waals surface area contributed by atoms with Gasteiger partial charge in [0.2, 0.25) is 5.91 Å². The number of unbranched alkanes of at least 4 members (excludes halogenated alkanes) is 1. The van der Waals surface area contributed by atoms with Crippen LogP contribution in [0.4, 0.5) is 0 Å². The van der Waals surface area contributed by atoms with Crippen molar-refractivity contribution in [2.45, 2.75) is 38.6 Å². The lowest BCUT2D eigenvalue weighted by Crippen LogP contribution is -2.45. The monoisotopic (exact) mass is 305 g/mol. The second-order valence-corrected chi connectivity index (χ2v) is 5.61. The molecule has 1 N–H and O–H groups in total. The summed E-state index contributed by atoms with van der Waals surface area (Å²) in [5.74, 6) is -0.785. The third-order valence-electron chi connectivity index (χ3n) is 4.23. The van der Waals surface area contributed by atoms with Crippen molar-refractivity contribution in [3.63, 3.8) is 0 Å². The van der Waals surface area contributed by atoms with Gasteiger partial charge < -0.3 is 14.7 Å². The number of aliphatic carboxylic acids is 1. The first kappa shape index (κ1) is 16.3. The standard InChI is InChI=1S/C17H23NO4/c1-3-4-11-18-15(19)10-9-13(17(20)21)16(18)12-7-5-6-8-14(12)22-2/h5-8,13,16H,3-4,9-11H2,1-2H3,(H,20,21)/t13-,16-/m0/s1. The Kier molecular flexibility index (Phi) is 5.41. The lowest BCUT2D eigenvalue weighted by molar-refractivity contribution is -0.152. The van der Waals surface area contributed by atoms with Crippen LogP contribution in [-0.2, 0) is 9.59 Å². The minimum absolute atomic E-state index is 0.0295. The maximum atomic E-state index is 12.3. The summed E-state index contributed by atoms with van der Waals surface area (Å²) in [6, 6.07) is 6.91. The summed E-state index contributed by atoms with van der Waals surface area (Å²) < 4.78 is 5.38. The molecule has 5 heteroatoms. The van der Waals surface area contributed by atoms with Crippen molar-refractivity contribution in [3.8, 4) is 5.75 Å². The number of likely N-dealkylation sites (tertiary alicyclic amines) is 1. The van der Waals surface area contributed by atoms with E-state index in [0.717, 1.165) is 18.4 Å². The lowest BCUT2D eigenvalue weighted by Gasteiger charge is -2.40. The van der Waals surface area contributed by atoms with Gasteiger partial charge in [-0.25, -0.2) is 0 Å². The van der Waals surface area contributed by atoms with Gasteiger partial charge in [-0.2, -0.15) is 0 Å². The van der Waals surface area contributed by atoms with E-state index >= 15 is 0 Å². The summed E-state index contributed by atoms with van der Waals surface area (Å²) >= 11 is 0. The number of carboxylic acids is 1. The second kappa shape index (κ2) is 7.29. The Labute approximate surface area is 130 Å². The van der Waals surface area contributed by atoms with Crippen LogP contribution in [0.15, 0.2) is 24.3 Å². The number of piperidine rings is 1. The van der Waals surface area contributed by atoms with Gasteiger partial charge in [0.1, 0.15) is 5.75 Å². The number of rotatable bonds is 6. The molecule has 1 heterocycles. The summed E-state index contributed by atoms with van der Waals surface area (Å²) in [5.41, 5.74) is 0.779. The maximum Gasteiger partial charge on any atom is 0.308 e. The van der Waals surface area contributed by atoms with Crippen LogP contribution in [0.2, 0.25) is 0 Å². The van der Waals surface area contributed by atoms with E-state index in [1.807, 2.05) is 24.3 Å². The minimum Gasteiger partial charge on any atom is -0.496 e. The Morgan fingerprint density at radius 2 is 2.14 bits per heavy atom. The Morgan fingerprint density at radius 3 is 2.77 bits per heavy atom. The predicted molar refractivity (Wildman–Crippen MR) is 82.7 cm³/mol. The number of benzene rings is 1. The molecule has 0 unspecified atom stereocenters. The van der Waals surface area contributed by atoms with Gasteiger partial charge in [-0.15, -0.1) is 0 Å². The van der Waals surface area contributed by atoms with E-state index < -0.39 is 17.9 Å². The van der Waals surface area contributed by atoms with Gasteiger partial charge >= 0.3 is 5.97 Å². The van der Waals surface area contributed by atoms with Gasteiger partial charge in [0, 0.05) is 18.5 Å². The number of hydrogen-bond acceptors (Lipinski definition) is 3. The molecule has 1 fully saturated rings. The molecule has 0 bridgehead atoms. The third kappa shape index (κ3) is 3.24. The number of hydrogen-bond donors (Lipinski definition) is 1. The molecule has 1 aliphatic rings. The molecule has 2 atom stereocenters. The second-order valence-electron chi connectivity index (χ2n) is 5.61. The highest BCUT2D eigenvalue weighted by atomic mass is 16.5. The molecule has 1 aromatic carbocycles. The molecule has 1 aromatic rings. The Balaban J connectivity index is 2.44. The predicted octanol–water partition coefficient (Wildman–Crippen LogP) is 2.86. The topological polar surface area (TPSA) is 66.8 Å². The third-order valence-corrected chi connectivity index (χ3v) is 4.23. The number of carbonyl (C=O) groups is 2. The number of methoxy groups -OCH3 is 1. The summed E-state index contributed by atoms with van der Waals surface area (Å²) in [6.45, 7) is 2.64. The van der Waals surface area contributed by atoms with E-state index in [9.17, 15) is 14.7 Å². The van der Waals surface area contributed by atoms with Crippen LogP contribution in [0.5, 0.6) is 5.75 Å². The first-order chi connectivity index (χ1) is 10.6. The number of ether oxygens (including phenoxy) is 1. The van der Waals surface area contributed by atoms with Crippen molar-refractivity contribution in [2.24, 2.45) is 5.92 Å². The zero-order valence-electron chi connectivity index (χ0n) is 13.1. The first-order valence-corrected chi connectivity index (χ1v) is 7.75.